The monoisotopic (exact) mass is 377 g/mol. The first-order chi connectivity index (χ1) is 13.1. The van der Waals surface area contributed by atoms with Crippen molar-refractivity contribution < 1.29 is 23.5 Å². The van der Waals surface area contributed by atoms with Crippen LogP contribution in [0.15, 0.2) is 24.3 Å². The van der Waals surface area contributed by atoms with Crippen LogP contribution >= 0.6 is 0 Å². The van der Waals surface area contributed by atoms with Crippen LogP contribution in [0.25, 0.3) is 0 Å². The average molecular weight is 377 g/mol. The molecule has 2 bridgehead atoms. The number of amides is 2. The van der Waals surface area contributed by atoms with Gasteiger partial charge in [-0.05, 0) is 25.0 Å². The molecule has 0 aromatic heterocycles. The molecule has 3 saturated heterocycles. The van der Waals surface area contributed by atoms with E-state index in [0.717, 1.165) is 12.8 Å². The van der Waals surface area contributed by atoms with Gasteiger partial charge in [-0.25, -0.2) is 4.39 Å². The molecule has 3 fully saturated rings. The predicted octanol–water partition coefficient (Wildman–Crippen LogP) is 0.285. The third-order valence-corrected chi connectivity index (χ3v) is 5.80. The van der Waals surface area contributed by atoms with Crippen LogP contribution < -0.4 is 15.8 Å². The zero-order chi connectivity index (χ0) is 19.0. The fourth-order valence-electron chi connectivity index (χ4n) is 4.70. The molecule has 3 aliphatic heterocycles. The van der Waals surface area contributed by atoms with Crippen LogP contribution in [0.3, 0.4) is 0 Å². The minimum absolute atomic E-state index is 0.0367. The molecular formula is C19H24FN3O4. The van der Waals surface area contributed by atoms with Crippen molar-refractivity contribution in [1.29, 1.82) is 0 Å². The van der Waals surface area contributed by atoms with Gasteiger partial charge in [0, 0.05) is 13.1 Å². The maximum atomic E-state index is 13.5. The lowest BCUT2D eigenvalue weighted by molar-refractivity contribution is -0.138. The Morgan fingerprint density at radius 2 is 2.26 bits per heavy atom. The lowest BCUT2D eigenvalue weighted by Crippen LogP contribution is -2.46. The minimum Gasteiger partial charge on any atom is -0.489 e. The Balaban J connectivity index is 1.35. The van der Waals surface area contributed by atoms with Crippen LogP contribution in [0.5, 0.6) is 5.75 Å². The van der Waals surface area contributed by atoms with Gasteiger partial charge in [0.2, 0.25) is 11.8 Å². The molecule has 3 heterocycles. The highest BCUT2D eigenvalue weighted by Crippen LogP contribution is 2.55. The topological polar surface area (TPSA) is 93.9 Å². The van der Waals surface area contributed by atoms with E-state index >= 15 is 0 Å². The summed E-state index contributed by atoms with van der Waals surface area (Å²) in [5, 5.41) is 2.81. The van der Waals surface area contributed by atoms with Crippen LogP contribution in [0, 0.1) is 17.7 Å². The fourth-order valence-corrected chi connectivity index (χ4v) is 4.70. The summed E-state index contributed by atoms with van der Waals surface area (Å²) >= 11 is 0. The molecule has 3 N–H and O–H groups in total. The van der Waals surface area contributed by atoms with Gasteiger partial charge < -0.3 is 25.4 Å². The summed E-state index contributed by atoms with van der Waals surface area (Å²) in [5.74, 6) is -1.45. The fraction of sp³-hybridized carbons (Fsp3) is 0.579. The summed E-state index contributed by atoms with van der Waals surface area (Å²) in [5.41, 5.74) is 5.06. The molecule has 3 aliphatic rings. The number of hydrogen-bond acceptors (Lipinski definition) is 5. The maximum Gasteiger partial charge on any atom is 0.229 e. The Hall–Kier alpha value is -2.19. The van der Waals surface area contributed by atoms with E-state index < -0.39 is 23.3 Å². The van der Waals surface area contributed by atoms with Crippen LogP contribution in [0.4, 0.5) is 4.39 Å². The third-order valence-electron chi connectivity index (χ3n) is 5.80. The Bertz CT molecular complexity index is 745. The van der Waals surface area contributed by atoms with Gasteiger partial charge in [-0.15, -0.1) is 0 Å². The summed E-state index contributed by atoms with van der Waals surface area (Å²) in [6.07, 6.45) is 1.37. The Labute approximate surface area is 157 Å². The van der Waals surface area contributed by atoms with Crippen LogP contribution in [-0.2, 0) is 14.3 Å². The zero-order valence-corrected chi connectivity index (χ0v) is 15.0. The van der Waals surface area contributed by atoms with Crippen molar-refractivity contribution in [2.45, 2.75) is 24.5 Å². The molecule has 27 heavy (non-hydrogen) atoms. The van der Waals surface area contributed by atoms with E-state index in [2.05, 4.69) is 5.32 Å². The highest BCUT2D eigenvalue weighted by Gasteiger charge is 2.68. The van der Waals surface area contributed by atoms with E-state index in [1.165, 1.54) is 12.1 Å². The van der Waals surface area contributed by atoms with Crippen molar-refractivity contribution in [2.75, 3.05) is 32.8 Å². The van der Waals surface area contributed by atoms with Gasteiger partial charge in [0.05, 0.1) is 36.6 Å². The second-order valence-corrected chi connectivity index (χ2v) is 7.38. The third kappa shape index (κ3) is 3.06. The van der Waals surface area contributed by atoms with Crippen molar-refractivity contribution >= 4 is 11.8 Å². The molecule has 8 heteroatoms. The highest BCUT2D eigenvalue weighted by molar-refractivity contribution is 5.92. The Morgan fingerprint density at radius 3 is 3.04 bits per heavy atom. The number of carbonyl (C=O) groups excluding carboxylic acids is 2. The van der Waals surface area contributed by atoms with Crippen LogP contribution in [-0.4, -0.2) is 61.2 Å². The Morgan fingerprint density at radius 1 is 1.44 bits per heavy atom. The number of benzene rings is 1. The zero-order valence-electron chi connectivity index (χ0n) is 15.0. The number of nitrogens with zero attached hydrogens (tertiary/aromatic N) is 1. The molecule has 0 saturated carbocycles. The number of para-hydroxylation sites is 1. The summed E-state index contributed by atoms with van der Waals surface area (Å²) in [6, 6.07) is 6.12. The van der Waals surface area contributed by atoms with Gasteiger partial charge in [-0.2, -0.15) is 0 Å². The molecule has 1 aromatic rings. The number of nitrogens with one attached hydrogen (secondary N) is 1. The lowest BCUT2D eigenvalue weighted by atomic mass is 9.73. The summed E-state index contributed by atoms with van der Waals surface area (Å²) < 4.78 is 25.0. The smallest absolute Gasteiger partial charge is 0.229 e. The number of rotatable bonds is 7. The van der Waals surface area contributed by atoms with Crippen molar-refractivity contribution in [3.8, 4) is 5.75 Å². The Kier molecular flexibility index (Phi) is 4.77. The second-order valence-electron chi connectivity index (χ2n) is 7.38. The first-order valence-corrected chi connectivity index (χ1v) is 9.37. The number of halogens is 1. The molecule has 0 radical (unpaired) electrons. The standard InChI is InChI=1S/C19H24FN3O4/c20-12-3-1-2-4-13(12)26-10-8-22-17(24)15-14-5-6-19(27-14)11-23(9-7-21)18(25)16(15)19/h1-4,14-16H,5-11,21H2,(H,22,24)/t14-,15-,16+,19-/m1/s1. The number of ether oxygens (including phenoxy) is 2. The van der Waals surface area contributed by atoms with E-state index in [-0.39, 0.29) is 36.8 Å². The molecule has 1 spiro atoms. The van der Waals surface area contributed by atoms with E-state index in [0.29, 0.717) is 19.6 Å². The normalized spacial score (nSPS) is 31.3. The van der Waals surface area contributed by atoms with Crippen LogP contribution in [0.1, 0.15) is 12.8 Å². The van der Waals surface area contributed by atoms with Gasteiger partial charge in [-0.3, -0.25) is 9.59 Å². The average Bonchev–Trinajstić information content (AvgIpc) is 3.29. The van der Waals surface area contributed by atoms with E-state index in [1.54, 1.807) is 17.0 Å². The number of fused-ring (bicyclic) bond motifs is 1. The molecule has 7 nitrogen and oxygen atoms in total. The minimum atomic E-state index is -0.539. The quantitative estimate of drug-likeness (QED) is 0.666. The van der Waals surface area contributed by atoms with Gasteiger partial charge in [0.1, 0.15) is 6.61 Å². The number of likely N-dealkylation sites (tertiary alicyclic amines) is 1. The largest absolute Gasteiger partial charge is 0.489 e. The van der Waals surface area contributed by atoms with Crippen LogP contribution in [0.2, 0.25) is 0 Å². The lowest BCUT2D eigenvalue weighted by Gasteiger charge is -2.27. The summed E-state index contributed by atoms with van der Waals surface area (Å²) in [7, 11) is 0. The van der Waals surface area contributed by atoms with E-state index in [4.69, 9.17) is 15.2 Å². The first-order valence-electron chi connectivity index (χ1n) is 9.37. The molecule has 146 valence electrons. The van der Waals surface area contributed by atoms with Gasteiger partial charge in [0.25, 0.3) is 0 Å². The van der Waals surface area contributed by atoms with E-state index in [9.17, 15) is 14.0 Å². The molecule has 0 unspecified atom stereocenters. The maximum absolute atomic E-state index is 13.5. The van der Waals surface area contributed by atoms with Crippen molar-refractivity contribution in [3.63, 3.8) is 0 Å². The molecule has 0 aliphatic carbocycles. The molecular weight excluding hydrogens is 353 g/mol. The van der Waals surface area contributed by atoms with Gasteiger partial charge in [-0.1, -0.05) is 12.1 Å². The van der Waals surface area contributed by atoms with Crippen molar-refractivity contribution in [1.82, 2.24) is 10.2 Å². The van der Waals surface area contributed by atoms with Gasteiger partial charge in [0.15, 0.2) is 11.6 Å². The van der Waals surface area contributed by atoms with Crippen molar-refractivity contribution in [3.05, 3.63) is 30.1 Å². The molecule has 1 aromatic carbocycles. The van der Waals surface area contributed by atoms with Crippen molar-refractivity contribution in [2.24, 2.45) is 17.6 Å². The summed E-state index contributed by atoms with van der Waals surface area (Å²) in [4.78, 5) is 27.2. The first kappa shape index (κ1) is 18.2. The highest BCUT2D eigenvalue weighted by atomic mass is 19.1. The predicted molar refractivity (Wildman–Crippen MR) is 94.4 cm³/mol. The van der Waals surface area contributed by atoms with E-state index in [1.807, 2.05) is 0 Å². The second kappa shape index (κ2) is 7.09. The number of carbonyl (C=O) groups is 2. The molecule has 4 atom stereocenters. The molecule has 2 amide bonds. The SMILES string of the molecule is NCCN1C[C@@]23CC[C@@H](O2)[C@@H](C(=O)NCCOc2ccccc2F)[C@H]3C1=O. The van der Waals surface area contributed by atoms with Gasteiger partial charge >= 0.3 is 0 Å². The molecule has 4 rings (SSSR count). The number of nitrogens with two attached hydrogens (primary N) is 1. The summed E-state index contributed by atoms with van der Waals surface area (Å²) in [6.45, 7) is 1.77. The number of hydrogen-bond donors (Lipinski definition) is 2.